The zero-order valence-electron chi connectivity index (χ0n) is 10.8. The lowest BCUT2D eigenvalue weighted by Gasteiger charge is -2.30. The van der Waals surface area contributed by atoms with E-state index in [0.717, 1.165) is 29.7 Å². The van der Waals surface area contributed by atoms with Crippen LogP contribution in [0.5, 0.6) is 0 Å². The van der Waals surface area contributed by atoms with Gasteiger partial charge in [0.1, 0.15) is 5.69 Å². The van der Waals surface area contributed by atoms with Crippen LogP contribution in [-0.2, 0) is 0 Å². The Bertz CT molecular complexity index is 622. The van der Waals surface area contributed by atoms with Gasteiger partial charge in [-0.05, 0) is 24.3 Å². The van der Waals surface area contributed by atoms with Gasteiger partial charge in [-0.15, -0.1) is 0 Å². The van der Waals surface area contributed by atoms with Gasteiger partial charge in [0, 0.05) is 40.7 Å². The predicted octanol–water partition coefficient (Wildman–Crippen LogP) is 2.33. The molecule has 1 aliphatic rings. The minimum absolute atomic E-state index is 0.0851. The zero-order valence-corrected chi connectivity index (χ0v) is 11.7. The van der Waals surface area contributed by atoms with Crippen LogP contribution in [0, 0.1) is 0 Å². The quantitative estimate of drug-likeness (QED) is 0.785. The molecule has 1 aromatic heterocycles. The number of H-pyrrole nitrogens is 1. The summed E-state index contributed by atoms with van der Waals surface area (Å²) in [6.45, 7) is 3.81. The molecule has 0 saturated carbocycles. The Kier molecular flexibility index (Phi) is 3.14. The van der Waals surface area contributed by atoms with Crippen molar-refractivity contribution in [3.05, 3.63) is 30.0 Å². The Hall–Kier alpha value is -1.62. The van der Waals surface area contributed by atoms with E-state index in [0.29, 0.717) is 16.6 Å². The first-order chi connectivity index (χ1) is 9.13. The van der Waals surface area contributed by atoms with E-state index in [9.17, 15) is 4.79 Å². The molecule has 100 valence electrons. The number of carbonyl (C=O) groups is 1. The van der Waals surface area contributed by atoms with Crippen molar-refractivity contribution in [3.8, 4) is 0 Å². The van der Waals surface area contributed by atoms with E-state index in [-0.39, 0.29) is 5.91 Å². The van der Waals surface area contributed by atoms with Crippen molar-refractivity contribution in [2.45, 2.75) is 12.2 Å². The van der Waals surface area contributed by atoms with Crippen molar-refractivity contribution >= 4 is 34.3 Å². The van der Waals surface area contributed by atoms with Gasteiger partial charge in [0.2, 0.25) is 0 Å². The maximum absolute atomic E-state index is 12.5. The average molecular weight is 275 g/mol. The monoisotopic (exact) mass is 275 g/mol. The summed E-state index contributed by atoms with van der Waals surface area (Å²) in [5.74, 6) is 1.10. The Morgan fingerprint density at radius 3 is 3.11 bits per heavy atom. The van der Waals surface area contributed by atoms with E-state index in [1.54, 1.807) is 0 Å². The van der Waals surface area contributed by atoms with Gasteiger partial charge in [-0.2, -0.15) is 11.8 Å². The lowest BCUT2D eigenvalue weighted by molar-refractivity contribution is 0.0758. The van der Waals surface area contributed by atoms with Gasteiger partial charge in [-0.1, -0.05) is 6.92 Å². The highest BCUT2D eigenvalue weighted by Gasteiger charge is 2.23. The molecule has 5 heteroatoms. The van der Waals surface area contributed by atoms with E-state index >= 15 is 0 Å². The van der Waals surface area contributed by atoms with Gasteiger partial charge >= 0.3 is 0 Å². The molecule has 3 rings (SSSR count). The molecule has 2 aromatic rings. The van der Waals surface area contributed by atoms with Crippen molar-refractivity contribution in [2.75, 3.05) is 24.6 Å². The van der Waals surface area contributed by atoms with Crippen molar-refractivity contribution in [1.29, 1.82) is 0 Å². The molecule has 0 radical (unpaired) electrons. The maximum Gasteiger partial charge on any atom is 0.270 e. The molecule has 1 aliphatic heterocycles. The molecule has 1 saturated heterocycles. The third kappa shape index (κ3) is 2.42. The molecule has 1 fully saturated rings. The van der Waals surface area contributed by atoms with Crippen LogP contribution < -0.4 is 5.73 Å². The van der Waals surface area contributed by atoms with Gasteiger partial charge in [0.15, 0.2) is 0 Å². The highest BCUT2D eigenvalue weighted by atomic mass is 32.2. The molecule has 1 unspecified atom stereocenters. The normalized spacial score (nSPS) is 19.8. The average Bonchev–Trinajstić information content (AvgIpc) is 2.80. The van der Waals surface area contributed by atoms with E-state index in [1.807, 2.05) is 40.9 Å². The number of nitrogens with one attached hydrogen (secondary N) is 1. The number of benzene rings is 1. The van der Waals surface area contributed by atoms with Crippen molar-refractivity contribution < 1.29 is 4.79 Å². The van der Waals surface area contributed by atoms with Crippen LogP contribution in [0.2, 0.25) is 0 Å². The van der Waals surface area contributed by atoms with Crippen LogP contribution >= 0.6 is 11.8 Å². The van der Waals surface area contributed by atoms with Gasteiger partial charge in [0.05, 0.1) is 0 Å². The molecular weight excluding hydrogens is 258 g/mol. The molecule has 1 aromatic carbocycles. The topological polar surface area (TPSA) is 62.1 Å². The molecule has 4 nitrogen and oxygen atoms in total. The smallest absolute Gasteiger partial charge is 0.270 e. The molecule has 3 N–H and O–H groups in total. The number of nitrogens with zero attached hydrogens (tertiary/aromatic N) is 1. The SMILES string of the molecule is CC1CN(C(=O)c2cc3cc(N)ccc3[nH]2)CCS1. The van der Waals surface area contributed by atoms with Crippen molar-refractivity contribution in [1.82, 2.24) is 9.88 Å². The predicted molar refractivity (Wildman–Crippen MR) is 80.5 cm³/mol. The summed E-state index contributed by atoms with van der Waals surface area (Å²) >= 11 is 1.92. The minimum atomic E-state index is 0.0851. The molecule has 0 bridgehead atoms. The van der Waals surface area contributed by atoms with Crippen LogP contribution in [0.1, 0.15) is 17.4 Å². The minimum Gasteiger partial charge on any atom is -0.399 e. The first-order valence-electron chi connectivity index (χ1n) is 6.42. The Morgan fingerprint density at radius 2 is 2.32 bits per heavy atom. The lowest BCUT2D eigenvalue weighted by atomic mass is 10.2. The standard InChI is InChI=1S/C14H17N3OS/c1-9-8-17(4-5-19-9)14(18)13-7-10-6-11(15)2-3-12(10)16-13/h2-3,6-7,9,16H,4-5,8,15H2,1H3. The lowest BCUT2D eigenvalue weighted by Crippen LogP contribution is -2.41. The second-order valence-electron chi connectivity index (χ2n) is 4.96. The highest BCUT2D eigenvalue weighted by molar-refractivity contribution is 7.99. The number of hydrogen-bond donors (Lipinski definition) is 2. The summed E-state index contributed by atoms with van der Waals surface area (Å²) in [5, 5.41) is 1.50. The number of fused-ring (bicyclic) bond motifs is 1. The van der Waals surface area contributed by atoms with Crippen LogP contribution in [0.15, 0.2) is 24.3 Å². The number of thioether (sulfide) groups is 1. The second-order valence-corrected chi connectivity index (χ2v) is 6.51. The molecule has 1 amide bonds. The van der Waals surface area contributed by atoms with Gasteiger partial charge in [0.25, 0.3) is 5.91 Å². The number of rotatable bonds is 1. The fourth-order valence-corrected chi connectivity index (χ4v) is 3.45. The molecule has 0 aliphatic carbocycles. The number of carbonyl (C=O) groups excluding carboxylic acids is 1. The number of amides is 1. The molecule has 1 atom stereocenters. The Labute approximate surface area is 116 Å². The van der Waals surface area contributed by atoms with E-state index in [4.69, 9.17) is 5.73 Å². The number of anilines is 1. The number of nitrogen functional groups attached to an aromatic ring is 1. The van der Waals surface area contributed by atoms with Crippen LogP contribution in [0.25, 0.3) is 10.9 Å². The first kappa shape index (κ1) is 12.4. The van der Waals surface area contributed by atoms with Gasteiger partial charge in [-0.25, -0.2) is 0 Å². The summed E-state index contributed by atoms with van der Waals surface area (Å²) in [7, 11) is 0. The van der Waals surface area contributed by atoms with E-state index in [2.05, 4.69) is 11.9 Å². The molecule has 0 spiro atoms. The third-order valence-corrected chi connectivity index (χ3v) is 4.54. The number of hydrogen-bond acceptors (Lipinski definition) is 3. The summed E-state index contributed by atoms with van der Waals surface area (Å²) in [5.41, 5.74) is 8.08. The number of aromatic nitrogens is 1. The summed E-state index contributed by atoms with van der Waals surface area (Å²) in [4.78, 5) is 17.6. The first-order valence-corrected chi connectivity index (χ1v) is 7.47. The van der Waals surface area contributed by atoms with E-state index in [1.165, 1.54) is 0 Å². The molecular formula is C14H17N3OS. The van der Waals surface area contributed by atoms with Gasteiger partial charge in [-0.3, -0.25) is 4.79 Å². The highest BCUT2D eigenvalue weighted by Crippen LogP contribution is 2.22. The fraction of sp³-hybridized carbons (Fsp3) is 0.357. The van der Waals surface area contributed by atoms with Crippen LogP contribution in [0.4, 0.5) is 5.69 Å². The largest absolute Gasteiger partial charge is 0.399 e. The van der Waals surface area contributed by atoms with E-state index < -0.39 is 0 Å². The zero-order chi connectivity index (χ0) is 13.4. The van der Waals surface area contributed by atoms with Gasteiger partial charge < -0.3 is 15.6 Å². The number of aromatic amines is 1. The fourth-order valence-electron chi connectivity index (χ4n) is 2.44. The third-order valence-electron chi connectivity index (χ3n) is 3.40. The number of nitrogens with two attached hydrogens (primary N) is 1. The molecule has 19 heavy (non-hydrogen) atoms. The Morgan fingerprint density at radius 1 is 1.47 bits per heavy atom. The van der Waals surface area contributed by atoms with Crippen LogP contribution in [0.3, 0.4) is 0 Å². The summed E-state index contributed by atoms with van der Waals surface area (Å²) in [6, 6.07) is 7.53. The summed E-state index contributed by atoms with van der Waals surface area (Å²) in [6.07, 6.45) is 0. The Balaban J connectivity index is 1.88. The second kappa shape index (κ2) is 4.81. The molecule has 2 heterocycles. The van der Waals surface area contributed by atoms with Crippen molar-refractivity contribution in [3.63, 3.8) is 0 Å². The van der Waals surface area contributed by atoms with Crippen molar-refractivity contribution in [2.24, 2.45) is 0 Å². The van der Waals surface area contributed by atoms with Crippen LogP contribution in [-0.4, -0.2) is 39.9 Å². The summed E-state index contributed by atoms with van der Waals surface area (Å²) < 4.78 is 0. The maximum atomic E-state index is 12.5.